The van der Waals surface area contributed by atoms with Crippen LogP contribution >= 0.6 is 0 Å². The predicted octanol–water partition coefficient (Wildman–Crippen LogP) is 14.0. The molecule has 1 aliphatic rings. The molecule has 0 unspecified atom stereocenters. The standard InChI is InChI=1S/C53H37N/c1-6-21-38(22-7-1)43-31-18-19-35-49(43)54(42-29-14-5-15-30-42)50-36-20-34-48-51(50)47-37-46(39-23-8-2-9-24-39)44-32-16-17-33-45(44)52(47)53(48,40-25-10-3-11-26-40)41-27-12-4-13-28-41/h1-37H. The minimum Gasteiger partial charge on any atom is -0.309 e. The summed E-state index contributed by atoms with van der Waals surface area (Å²) in [6.07, 6.45) is 0. The predicted molar refractivity (Wildman–Crippen MR) is 227 cm³/mol. The van der Waals surface area contributed by atoms with Crippen molar-refractivity contribution in [1.82, 2.24) is 0 Å². The molecule has 1 nitrogen and oxygen atoms in total. The molecule has 1 aliphatic carbocycles. The van der Waals surface area contributed by atoms with Crippen LogP contribution in [0.1, 0.15) is 22.3 Å². The van der Waals surface area contributed by atoms with Crippen LogP contribution in [-0.2, 0) is 5.41 Å². The highest BCUT2D eigenvalue weighted by atomic mass is 15.1. The summed E-state index contributed by atoms with van der Waals surface area (Å²) in [6, 6.07) is 82.0. The molecule has 0 amide bonds. The van der Waals surface area contributed by atoms with Crippen LogP contribution in [0.25, 0.3) is 44.2 Å². The fourth-order valence-corrected chi connectivity index (χ4v) is 8.95. The summed E-state index contributed by atoms with van der Waals surface area (Å²) < 4.78 is 0. The third kappa shape index (κ3) is 4.94. The largest absolute Gasteiger partial charge is 0.309 e. The molecule has 54 heavy (non-hydrogen) atoms. The summed E-state index contributed by atoms with van der Waals surface area (Å²) in [5, 5.41) is 2.52. The van der Waals surface area contributed by atoms with Crippen molar-refractivity contribution in [2.24, 2.45) is 0 Å². The van der Waals surface area contributed by atoms with Crippen molar-refractivity contribution in [2.75, 3.05) is 4.90 Å². The van der Waals surface area contributed by atoms with Gasteiger partial charge in [0.1, 0.15) is 0 Å². The molecule has 0 saturated carbocycles. The summed E-state index contributed by atoms with van der Waals surface area (Å²) in [5.41, 5.74) is 15.2. The topological polar surface area (TPSA) is 3.24 Å². The van der Waals surface area contributed by atoms with Crippen LogP contribution in [0.5, 0.6) is 0 Å². The van der Waals surface area contributed by atoms with Gasteiger partial charge in [-0.1, -0.05) is 194 Å². The Bertz CT molecular complexity index is 2700. The zero-order valence-electron chi connectivity index (χ0n) is 29.8. The van der Waals surface area contributed by atoms with Crippen molar-refractivity contribution in [3.05, 3.63) is 247 Å². The molecule has 254 valence electrons. The normalized spacial score (nSPS) is 12.6. The smallest absolute Gasteiger partial charge is 0.0720 e. The van der Waals surface area contributed by atoms with Gasteiger partial charge in [0.25, 0.3) is 0 Å². The molecule has 0 fully saturated rings. The minimum atomic E-state index is -0.584. The van der Waals surface area contributed by atoms with Crippen LogP contribution in [0.2, 0.25) is 0 Å². The Morgan fingerprint density at radius 3 is 1.44 bits per heavy atom. The first kappa shape index (κ1) is 31.7. The first-order valence-electron chi connectivity index (χ1n) is 18.7. The monoisotopic (exact) mass is 687 g/mol. The Labute approximate surface area is 317 Å². The van der Waals surface area contributed by atoms with Gasteiger partial charge in [-0.05, 0) is 85.6 Å². The van der Waals surface area contributed by atoms with Crippen LogP contribution < -0.4 is 4.90 Å². The summed E-state index contributed by atoms with van der Waals surface area (Å²) in [6.45, 7) is 0. The van der Waals surface area contributed by atoms with E-state index in [-0.39, 0.29) is 0 Å². The van der Waals surface area contributed by atoms with E-state index in [1.807, 2.05) is 0 Å². The maximum absolute atomic E-state index is 2.48. The van der Waals surface area contributed by atoms with Crippen LogP contribution in [0.3, 0.4) is 0 Å². The van der Waals surface area contributed by atoms with Gasteiger partial charge >= 0.3 is 0 Å². The number of hydrogen-bond donors (Lipinski definition) is 0. The van der Waals surface area contributed by atoms with E-state index >= 15 is 0 Å². The lowest BCUT2D eigenvalue weighted by Gasteiger charge is -2.35. The Kier molecular flexibility index (Phi) is 7.78. The van der Waals surface area contributed by atoms with Crippen LogP contribution in [0, 0.1) is 0 Å². The first-order chi connectivity index (χ1) is 26.8. The van der Waals surface area contributed by atoms with Gasteiger partial charge in [0.2, 0.25) is 0 Å². The summed E-state index contributed by atoms with van der Waals surface area (Å²) in [5.74, 6) is 0. The maximum Gasteiger partial charge on any atom is 0.0720 e. The van der Waals surface area contributed by atoms with Gasteiger partial charge in [0, 0.05) is 16.8 Å². The molecule has 9 aromatic rings. The fraction of sp³-hybridized carbons (Fsp3) is 0.0189. The van der Waals surface area contributed by atoms with Crippen molar-refractivity contribution < 1.29 is 0 Å². The molecule has 0 aromatic heterocycles. The lowest BCUT2D eigenvalue weighted by atomic mass is 9.66. The van der Waals surface area contributed by atoms with Gasteiger partial charge in [-0.15, -0.1) is 0 Å². The Morgan fingerprint density at radius 1 is 0.333 bits per heavy atom. The Balaban J connectivity index is 1.39. The summed E-state index contributed by atoms with van der Waals surface area (Å²) >= 11 is 0. The molecule has 0 aliphatic heterocycles. The maximum atomic E-state index is 2.48. The highest BCUT2D eigenvalue weighted by Crippen LogP contribution is 2.62. The molecule has 1 heteroatoms. The highest BCUT2D eigenvalue weighted by Gasteiger charge is 2.49. The van der Waals surface area contributed by atoms with E-state index in [1.165, 1.54) is 66.4 Å². The quantitative estimate of drug-likeness (QED) is 0.161. The van der Waals surface area contributed by atoms with E-state index in [0.717, 1.165) is 17.1 Å². The molecular formula is C53H37N. The van der Waals surface area contributed by atoms with Crippen LogP contribution in [0.15, 0.2) is 224 Å². The molecule has 0 saturated heterocycles. The van der Waals surface area contributed by atoms with E-state index in [1.54, 1.807) is 0 Å². The van der Waals surface area contributed by atoms with Gasteiger partial charge in [-0.3, -0.25) is 0 Å². The molecule has 0 bridgehead atoms. The first-order valence-corrected chi connectivity index (χ1v) is 18.7. The molecule has 0 N–H and O–H groups in total. The zero-order chi connectivity index (χ0) is 35.9. The van der Waals surface area contributed by atoms with Gasteiger partial charge < -0.3 is 4.90 Å². The lowest BCUT2D eigenvalue weighted by molar-refractivity contribution is 0.775. The SMILES string of the molecule is c1ccc(-c2ccccc2N(c2ccccc2)c2cccc3c2-c2cc(-c4ccccc4)c4ccccc4c2C3(c2ccccc2)c2ccccc2)cc1. The molecule has 0 atom stereocenters. The average molecular weight is 688 g/mol. The minimum absolute atomic E-state index is 0.584. The molecule has 0 heterocycles. The van der Waals surface area contributed by atoms with Crippen molar-refractivity contribution in [1.29, 1.82) is 0 Å². The van der Waals surface area contributed by atoms with Gasteiger partial charge in [0.15, 0.2) is 0 Å². The number of para-hydroxylation sites is 2. The highest BCUT2D eigenvalue weighted by molar-refractivity contribution is 6.10. The van der Waals surface area contributed by atoms with Gasteiger partial charge in [0.05, 0.1) is 16.8 Å². The molecule has 9 aromatic carbocycles. The number of hydrogen-bond acceptors (Lipinski definition) is 1. The second kappa shape index (κ2) is 13.2. The van der Waals surface area contributed by atoms with Gasteiger partial charge in [-0.25, -0.2) is 0 Å². The zero-order valence-corrected chi connectivity index (χ0v) is 29.8. The molecule has 0 spiro atoms. The second-order valence-electron chi connectivity index (χ2n) is 14.0. The van der Waals surface area contributed by atoms with Crippen LogP contribution in [-0.4, -0.2) is 0 Å². The third-order valence-electron chi connectivity index (χ3n) is 11.1. The average Bonchev–Trinajstić information content (AvgIpc) is 3.57. The van der Waals surface area contributed by atoms with Crippen molar-refractivity contribution in [3.63, 3.8) is 0 Å². The molecule has 10 rings (SSSR count). The van der Waals surface area contributed by atoms with E-state index in [0.29, 0.717) is 0 Å². The van der Waals surface area contributed by atoms with Gasteiger partial charge in [-0.2, -0.15) is 0 Å². The van der Waals surface area contributed by atoms with Crippen molar-refractivity contribution in [2.45, 2.75) is 5.41 Å². The number of anilines is 3. The number of benzene rings is 9. The van der Waals surface area contributed by atoms with E-state index in [2.05, 4.69) is 229 Å². The number of rotatable bonds is 7. The Morgan fingerprint density at radius 2 is 0.815 bits per heavy atom. The van der Waals surface area contributed by atoms with Crippen molar-refractivity contribution in [3.8, 4) is 33.4 Å². The third-order valence-corrected chi connectivity index (χ3v) is 11.1. The number of nitrogens with zero attached hydrogens (tertiary/aromatic N) is 1. The van der Waals surface area contributed by atoms with E-state index < -0.39 is 5.41 Å². The Hall–Kier alpha value is -6.96. The van der Waals surface area contributed by atoms with Crippen LogP contribution in [0.4, 0.5) is 17.1 Å². The summed E-state index contributed by atoms with van der Waals surface area (Å²) in [7, 11) is 0. The van der Waals surface area contributed by atoms with E-state index in [9.17, 15) is 0 Å². The lowest BCUT2D eigenvalue weighted by Crippen LogP contribution is -2.29. The summed E-state index contributed by atoms with van der Waals surface area (Å²) in [4.78, 5) is 2.48. The fourth-order valence-electron chi connectivity index (χ4n) is 8.95. The second-order valence-corrected chi connectivity index (χ2v) is 14.0. The van der Waals surface area contributed by atoms with Crippen molar-refractivity contribution >= 4 is 27.8 Å². The molecular weight excluding hydrogens is 651 g/mol. The molecule has 0 radical (unpaired) electrons. The number of fused-ring (bicyclic) bond motifs is 5. The van der Waals surface area contributed by atoms with E-state index in [4.69, 9.17) is 0 Å².